The largest absolute Gasteiger partial charge is 0.269 e. The second kappa shape index (κ2) is 8.11. The van der Waals surface area contributed by atoms with Gasteiger partial charge in [-0.2, -0.15) is 0 Å². The zero-order valence-corrected chi connectivity index (χ0v) is 22.2. The van der Waals surface area contributed by atoms with E-state index in [1.165, 1.54) is 32.1 Å². The van der Waals surface area contributed by atoms with Gasteiger partial charge in [0, 0.05) is 11.1 Å². The highest BCUT2D eigenvalue weighted by Gasteiger charge is 2.51. The molecule has 0 saturated heterocycles. The number of hydrogen-bond donors (Lipinski definition) is 0. The van der Waals surface area contributed by atoms with Gasteiger partial charge in [-0.05, 0) is 132 Å². The van der Waals surface area contributed by atoms with Gasteiger partial charge in [-0.15, -0.1) is 0 Å². The highest BCUT2D eigenvalue weighted by molar-refractivity contribution is 6.23. The standard InChI is InChI=1S/C31H34N2O4/c1-30(2,32-26(34)22-13-18-9-5-6-10-19(18)14-23(22)27(32)35)17-31(3,4)33-28(36)24-15-20-11-7-8-12-21(20)16-25(24)29(33)37/h13-16H,5-12,17H2,1-4H3. The lowest BCUT2D eigenvalue weighted by molar-refractivity contribution is 0.0268. The van der Waals surface area contributed by atoms with E-state index in [1.807, 2.05) is 52.0 Å². The Hall–Kier alpha value is -3.28. The molecule has 2 heterocycles. The van der Waals surface area contributed by atoms with E-state index in [9.17, 15) is 19.2 Å². The molecule has 0 unspecified atom stereocenters. The van der Waals surface area contributed by atoms with Crippen LogP contribution in [0.2, 0.25) is 0 Å². The molecule has 0 spiro atoms. The molecule has 4 aliphatic rings. The van der Waals surface area contributed by atoms with Crippen LogP contribution in [0, 0.1) is 0 Å². The van der Waals surface area contributed by atoms with Crippen LogP contribution in [0.3, 0.4) is 0 Å². The van der Waals surface area contributed by atoms with Crippen molar-refractivity contribution in [3.8, 4) is 0 Å². The van der Waals surface area contributed by atoms with Gasteiger partial charge in [-0.25, -0.2) is 0 Å². The molecule has 6 rings (SSSR count). The molecule has 6 heteroatoms. The monoisotopic (exact) mass is 498 g/mol. The number of aryl methyl sites for hydroxylation is 4. The molecule has 37 heavy (non-hydrogen) atoms. The van der Waals surface area contributed by atoms with Crippen molar-refractivity contribution in [3.63, 3.8) is 0 Å². The van der Waals surface area contributed by atoms with Crippen molar-refractivity contribution in [2.45, 2.75) is 96.6 Å². The minimum Gasteiger partial charge on any atom is -0.269 e. The lowest BCUT2D eigenvalue weighted by Crippen LogP contribution is -2.56. The Morgan fingerprint density at radius 3 is 1.00 bits per heavy atom. The molecule has 4 amide bonds. The van der Waals surface area contributed by atoms with E-state index in [1.54, 1.807) is 0 Å². The number of carbonyl (C=O) groups excluding carboxylic acids is 4. The van der Waals surface area contributed by atoms with E-state index in [0.717, 1.165) is 51.4 Å². The summed E-state index contributed by atoms with van der Waals surface area (Å²) in [6, 6.07) is 7.66. The summed E-state index contributed by atoms with van der Waals surface area (Å²) in [6.45, 7) is 7.42. The van der Waals surface area contributed by atoms with E-state index in [4.69, 9.17) is 0 Å². The summed E-state index contributed by atoms with van der Waals surface area (Å²) in [4.78, 5) is 56.9. The Labute approximate surface area is 218 Å². The van der Waals surface area contributed by atoms with Crippen molar-refractivity contribution in [1.29, 1.82) is 0 Å². The molecule has 0 saturated carbocycles. The van der Waals surface area contributed by atoms with Gasteiger partial charge in [0.15, 0.2) is 0 Å². The first-order valence-corrected chi connectivity index (χ1v) is 13.6. The first-order valence-electron chi connectivity index (χ1n) is 13.6. The van der Waals surface area contributed by atoms with Crippen LogP contribution in [-0.2, 0) is 25.7 Å². The number of rotatable bonds is 4. The fourth-order valence-electron chi connectivity index (χ4n) is 7.26. The van der Waals surface area contributed by atoms with Crippen molar-refractivity contribution in [2.75, 3.05) is 0 Å². The van der Waals surface area contributed by atoms with E-state index in [-0.39, 0.29) is 30.0 Å². The van der Waals surface area contributed by atoms with Gasteiger partial charge in [0.25, 0.3) is 23.6 Å². The summed E-state index contributed by atoms with van der Waals surface area (Å²) in [7, 11) is 0. The predicted octanol–water partition coefficient (Wildman–Crippen LogP) is 5.28. The minimum absolute atomic E-state index is 0.274. The Morgan fingerprint density at radius 2 is 0.757 bits per heavy atom. The van der Waals surface area contributed by atoms with Crippen molar-refractivity contribution >= 4 is 23.6 Å². The molecule has 2 aliphatic carbocycles. The summed E-state index contributed by atoms with van der Waals surface area (Å²) < 4.78 is 0. The summed E-state index contributed by atoms with van der Waals surface area (Å²) in [5.74, 6) is -1.15. The third-order valence-electron chi connectivity index (χ3n) is 8.77. The molecular weight excluding hydrogens is 464 g/mol. The van der Waals surface area contributed by atoms with Crippen LogP contribution < -0.4 is 0 Å². The second-order valence-electron chi connectivity index (χ2n) is 12.4. The first kappa shape index (κ1) is 24.1. The summed E-state index contributed by atoms with van der Waals surface area (Å²) >= 11 is 0. The number of carbonyl (C=O) groups is 4. The highest BCUT2D eigenvalue weighted by atomic mass is 16.2. The van der Waals surface area contributed by atoms with E-state index in [2.05, 4.69) is 0 Å². The summed E-state index contributed by atoms with van der Waals surface area (Å²) in [5.41, 5.74) is 4.74. The van der Waals surface area contributed by atoms with Crippen LogP contribution in [-0.4, -0.2) is 44.5 Å². The molecule has 0 aromatic heterocycles. The maximum atomic E-state index is 13.6. The number of benzene rings is 2. The van der Waals surface area contributed by atoms with Crippen LogP contribution in [0.15, 0.2) is 24.3 Å². The topological polar surface area (TPSA) is 74.8 Å². The number of fused-ring (bicyclic) bond motifs is 4. The van der Waals surface area contributed by atoms with Crippen LogP contribution in [0.25, 0.3) is 0 Å². The minimum atomic E-state index is -0.911. The number of imide groups is 2. The zero-order valence-electron chi connectivity index (χ0n) is 22.2. The average molecular weight is 499 g/mol. The zero-order chi connectivity index (χ0) is 26.3. The smallest absolute Gasteiger partial charge is 0.262 e. The van der Waals surface area contributed by atoms with Gasteiger partial charge >= 0.3 is 0 Å². The fourth-order valence-corrected chi connectivity index (χ4v) is 7.26. The maximum Gasteiger partial charge on any atom is 0.262 e. The van der Waals surface area contributed by atoms with E-state index >= 15 is 0 Å². The Kier molecular flexibility index (Phi) is 5.28. The second-order valence-corrected chi connectivity index (χ2v) is 12.4. The van der Waals surface area contributed by atoms with Gasteiger partial charge < -0.3 is 0 Å². The number of hydrogen-bond acceptors (Lipinski definition) is 4. The van der Waals surface area contributed by atoms with Crippen LogP contribution >= 0.6 is 0 Å². The Morgan fingerprint density at radius 1 is 0.514 bits per heavy atom. The third-order valence-corrected chi connectivity index (χ3v) is 8.77. The Balaban J connectivity index is 1.29. The quantitative estimate of drug-likeness (QED) is 0.538. The van der Waals surface area contributed by atoms with Crippen molar-refractivity contribution in [2.24, 2.45) is 0 Å². The molecule has 6 nitrogen and oxygen atoms in total. The highest BCUT2D eigenvalue weighted by Crippen LogP contribution is 2.41. The number of amides is 4. The van der Waals surface area contributed by atoms with Crippen LogP contribution in [0.5, 0.6) is 0 Å². The fraction of sp³-hybridized carbons (Fsp3) is 0.484. The average Bonchev–Trinajstić information content (AvgIpc) is 3.25. The molecule has 2 aliphatic heterocycles. The SMILES string of the molecule is CC(C)(CC(C)(C)N1C(=O)c2cc3c(cc2C1=O)CCCC3)N1C(=O)c2cc3c(cc2C1=O)CCCC3. The van der Waals surface area contributed by atoms with E-state index < -0.39 is 11.1 Å². The lowest BCUT2D eigenvalue weighted by Gasteiger charge is -2.43. The number of nitrogens with zero attached hydrogens (tertiary/aromatic N) is 2. The predicted molar refractivity (Wildman–Crippen MR) is 140 cm³/mol. The Bertz CT molecular complexity index is 1200. The van der Waals surface area contributed by atoms with Gasteiger partial charge in [-0.3, -0.25) is 29.0 Å². The van der Waals surface area contributed by atoms with Gasteiger partial charge in [0.2, 0.25) is 0 Å². The van der Waals surface area contributed by atoms with Gasteiger partial charge in [0.1, 0.15) is 0 Å². The molecule has 192 valence electrons. The molecule has 2 aromatic rings. The van der Waals surface area contributed by atoms with Crippen LogP contribution in [0.1, 0.15) is 123 Å². The summed E-state index contributed by atoms with van der Waals surface area (Å²) in [5, 5.41) is 0. The van der Waals surface area contributed by atoms with Crippen LogP contribution in [0.4, 0.5) is 0 Å². The maximum absolute atomic E-state index is 13.6. The van der Waals surface area contributed by atoms with Crippen molar-refractivity contribution in [3.05, 3.63) is 68.8 Å². The molecule has 0 fully saturated rings. The third kappa shape index (κ3) is 3.59. The molecular formula is C31H34N2O4. The van der Waals surface area contributed by atoms with Crippen molar-refractivity contribution < 1.29 is 19.2 Å². The molecule has 2 aromatic carbocycles. The first-order chi connectivity index (χ1) is 17.5. The van der Waals surface area contributed by atoms with Crippen molar-refractivity contribution in [1.82, 2.24) is 9.80 Å². The summed E-state index contributed by atoms with van der Waals surface area (Å²) in [6.07, 6.45) is 8.40. The normalized spacial score (nSPS) is 19.2. The molecule has 0 radical (unpaired) electrons. The molecule has 0 N–H and O–H groups in total. The molecule has 0 atom stereocenters. The molecule has 0 bridgehead atoms. The van der Waals surface area contributed by atoms with E-state index in [0.29, 0.717) is 22.3 Å². The lowest BCUT2D eigenvalue weighted by atomic mass is 9.84. The van der Waals surface area contributed by atoms with Gasteiger partial charge in [-0.1, -0.05) is 0 Å². The van der Waals surface area contributed by atoms with Gasteiger partial charge in [0.05, 0.1) is 22.3 Å².